The molecule has 2 saturated heterocycles. The summed E-state index contributed by atoms with van der Waals surface area (Å²) in [5.74, 6) is -8.98. The average molecular weight is 1030 g/mol. The van der Waals surface area contributed by atoms with E-state index in [0.717, 1.165) is 4.90 Å². The maximum absolute atomic E-state index is 14.4. The molecule has 72 heavy (non-hydrogen) atoms. The van der Waals surface area contributed by atoms with Gasteiger partial charge in [-0.2, -0.15) is 13.2 Å². The first-order chi connectivity index (χ1) is 33.9. The van der Waals surface area contributed by atoms with Crippen LogP contribution in [0.2, 0.25) is 0 Å². The van der Waals surface area contributed by atoms with E-state index in [-0.39, 0.29) is 74.9 Å². The standard InChI is InChI=1S/C54H82F3NO14/c1-32-15-11-10-12-16-33(2)44(70-24-23-69-31-53(55,56)57)29-40-20-18-38(7)54(66,72-40)50(63)51(64)58-22-14-13-17-41(58)52(65)71-45(35(4)27-39-19-21-42(59)46(28-39)67-8)30-43(60)34(3)26-37(6)48(62)49(68-9)47(61)36(5)25-32/h10-12,15-16,26,32,34-36,38-42,44-46,48-49,59,62,66H,13-14,17-25,27-31H2,1-9H3/b12-10+,15-11+,33-16+,37-26+/t32-,34-,35-,36-,38-,39?,40+,41+,42-,44?,45?,46-,48-,49+,54-/m1/s1. The normalized spacial score (nSPS) is 37.9. The number of aliphatic hydroxyl groups is 3. The Morgan fingerprint density at radius 3 is 2.28 bits per heavy atom. The molecule has 3 aliphatic heterocycles. The third-order valence-electron chi connectivity index (χ3n) is 15.0. The zero-order chi connectivity index (χ0) is 53.5. The number of Topliss-reactive ketones (excluding diaryl/α,β-unsaturated/α-hetero) is 3. The van der Waals surface area contributed by atoms with Gasteiger partial charge in [0, 0.05) is 51.4 Å². The highest BCUT2D eigenvalue weighted by Crippen LogP contribution is 2.38. The quantitative estimate of drug-likeness (QED) is 0.0863. The Labute approximate surface area is 423 Å². The summed E-state index contributed by atoms with van der Waals surface area (Å²) in [6.07, 6.45) is 4.09. The molecule has 1 aliphatic carbocycles. The number of cyclic esters (lactones) is 1. The monoisotopic (exact) mass is 1030 g/mol. The molecule has 0 spiro atoms. The SMILES string of the molecule is CO[C@@H]1CC(C[C@@H](C)C2CC(=O)[C@H](C)/C=C(\C)[C@@H](O)[C@@H](OC)C(=O)[C@H](C)C[C@H](C)/C=C/C=C/C=C(\C)C(OCCOCC(F)(F)F)C[C@@H]3CC[C@@H](C)[C@@](O)(O3)C(=O)C(=O)N3CCCC[C@H]3C(=O)O2)CC[C@H]1O. The Morgan fingerprint density at radius 1 is 0.875 bits per heavy atom. The summed E-state index contributed by atoms with van der Waals surface area (Å²) in [5.41, 5.74) is 0.984. The highest BCUT2D eigenvalue weighted by Gasteiger charge is 2.53. The van der Waals surface area contributed by atoms with E-state index in [4.69, 9.17) is 28.4 Å². The van der Waals surface area contributed by atoms with Crippen molar-refractivity contribution in [2.45, 2.75) is 186 Å². The fraction of sp³-hybridized carbons (Fsp3) is 0.759. The van der Waals surface area contributed by atoms with Gasteiger partial charge in [0.05, 0.1) is 37.6 Å². The molecule has 0 aromatic heterocycles. The number of hydrogen-bond donors (Lipinski definition) is 3. The van der Waals surface area contributed by atoms with Crippen molar-refractivity contribution in [3.63, 3.8) is 0 Å². The third-order valence-corrected chi connectivity index (χ3v) is 15.0. The number of piperidine rings is 1. The van der Waals surface area contributed by atoms with Gasteiger partial charge in [0.25, 0.3) is 11.7 Å². The van der Waals surface area contributed by atoms with Gasteiger partial charge in [-0.25, -0.2) is 4.79 Å². The molecular weight excluding hydrogens is 944 g/mol. The number of esters is 1. The number of ketones is 3. The summed E-state index contributed by atoms with van der Waals surface area (Å²) in [5, 5.41) is 34.0. The Hall–Kier alpha value is -3.62. The van der Waals surface area contributed by atoms with Gasteiger partial charge in [-0.3, -0.25) is 19.2 Å². The molecule has 408 valence electrons. The molecule has 3 fully saturated rings. The van der Waals surface area contributed by atoms with Crippen LogP contribution in [0.3, 0.4) is 0 Å². The van der Waals surface area contributed by atoms with E-state index in [1.807, 2.05) is 19.9 Å². The van der Waals surface area contributed by atoms with Crippen molar-refractivity contribution in [1.29, 1.82) is 0 Å². The van der Waals surface area contributed by atoms with E-state index in [1.54, 1.807) is 72.1 Å². The number of nitrogens with zero attached hydrogens (tertiary/aromatic N) is 1. The van der Waals surface area contributed by atoms with Crippen molar-refractivity contribution in [3.8, 4) is 0 Å². The molecule has 0 aromatic rings. The van der Waals surface area contributed by atoms with Crippen molar-refractivity contribution in [2.75, 3.05) is 40.6 Å². The van der Waals surface area contributed by atoms with Crippen molar-refractivity contribution in [3.05, 3.63) is 47.6 Å². The number of allylic oxidation sites excluding steroid dienone is 6. The molecule has 0 radical (unpaired) electrons. The first-order valence-corrected chi connectivity index (χ1v) is 25.8. The Bertz CT molecular complexity index is 1940. The average Bonchev–Trinajstić information content (AvgIpc) is 3.33. The highest BCUT2D eigenvalue weighted by atomic mass is 19.4. The molecule has 15 nitrogen and oxygen atoms in total. The second-order valence-corrected chi connectivity index (χ2v) is 20.9. The van der Waals surface area contributed by atoms with Gasteiger partial charge < -0.3 is 48.6 Å². The minimum Gasteiger partial charge on any atom is -0.460 e. The van der Waals surface area contributed by atoms with Crippen LogP contribution in [0.25, 0.3) is 0 Å². The maximum Gasteiger partial charge on any atom is 0.411 e. The smallest absolute Gasteiger partial charge is 0.411 e. The minimum absolute atomic E-state index is 0.00526. The molecule has 2 bridgehead atoms. The van der Waals surface area contributed by atoms with E-state index in [9.17, 15) is 52.5 Å². The molecule has 1 saturated carbocycles. The van der Waals surface area contributed by atoms with E-state index in [2.05, 4.69) is 0 Å². The topological polar surface area (TPSA) is 205 Å². The first-order valence-electron chi connectivity index (χ1n) is 25.8. The van der Waals surface area contributed by atoms with Crippen LogP contribution in [0.1, 0.15) is 126 Å². The second-order valence-electron chi connectivity index (χ2n) is 20.9. The zero-order valence-electron chi connectivity index (χ0n) is 43.8. The molecule has 3 unspecified atom stereocenters. The molecule has 3 heterocycles. The number of ether oxygens (including phenoxy) is 6. The summed E-state index contributed by atoms with van der Waals surface area (Å²) in [6.45, 7) is 10.2. The molecule has 4 rings (SSSR count). The molecule has 4 aliphatic rings. The third kappa shape index (κ3) is 17.5. The van der Waals surface area contributed by atoms with Gasteiger partial charge >= 0.3 is 12.1 Å². The van der Waals surface area contributed by atoms with E-state index in [1.165, 1.54) is 7.11 Å². The second kappa shape index (κ2) is 28.3. The van der Waals surface area contributed by atoms with Crippen LogP contribution in [-0.2, 0) is 52.4 Å². The number of methoxy groups -OCH3 is 2. The summed E-state index contributed by atoms with van der Waals surface area (Å²) in [6, 6.07) is -1.23. The van der Waals surface area contributed by atoms with E-state index in [0.29, 0.717) is 62.5 Å². The number of aliphatic hydroxyl groups excluding tert-OH is 2. The van der Waals surface area contributed by atoms with Crippen molar-refractivity contribution in [2.24, 2.45) is 35.5 Å². The van der Waals surface area contributed by atoms with Gasteiger partial charge in [0.1, 0.15) is 36.7 Å². The Morgan fingerprint density at radius 2 is 1.60 bits per heavy atom. The number of rotatable bonds is 10. The number of halogens is 3. The number of amides is 1. The van der Waals surface area contributed by atoms with Gasteiger partial charge in [0.2, 0.25) is 5.79 Å². The predicted octanol–water partition coefficient (Wildman–Crippen LogP) is 7.13. The highest BCUT2D eigenvalue weighted by molar-refractivity contribution is 6.39. The van der Waals surface area contributed by atoms with Crippen LogP contribution in [0.4, 0.5) is 13.2 Å². The summed E-state index contributed by atoms with van der Waals surface area (Å²) in [7, 11) is 2.88. The molecule has 3 N–H and O–H groups in total. The largest absolute Gasteiger partial charge is 0.460 e. The van der Waals surface area contributed by atoms with Crippen molar-refractivity contribution in [1.82, 2.24) is 4.90 Å². The molecule has 0 aromatic carbocycles. The molecule has 15 atom stereocenters. The number of carbonyl (C=O) groups is 5. The van der Waals surface area contributed by atoms with Crippen molar-refractivity contribution < 1.29 is 80.9 Å². The van der Waals surface area contributed by atoms with Gasteiger partial charge in [-0.15, -0.1) is 0 Å². The number of fused-ring (bicyclic) bond motifs is 3. The van der Waals surface area contributed by atoms with Gasteiger partial charge in [-0.1, -0.05) is 71.1 Å². The van der Waals surface area contributed by atoms with E-state index >= 15 is 0 Å². The number of alkyl halides is 3. The summed E-state index contributed by atoms with van der Waals surface area (Å²) in [4.78, 5) is 72.2. The van der Waals surface area contributed by atoms with Crippen LogP contribution in [-0.4, -0.2) is 151 Å². The van der Waals surface area contributed by atoms with Gasteiger partial charge in [0.15, 0.2) is 5.78 Å². The Kier molecular flexibility index (Phi) is 24.0. The molecule has 18 heteroatoms. The zero-order valence-corrected chi connectivity index (χ0v) is 43.8. The maximum atomic E-state index is 14.4. The van der Waals surface area contributed by atoms with Crippen LogP contribution in [0.5, 0.6) is 0 Å². The van der Waals surface area contributed by atoms with Crippen LogP contribution in [0, 0.1) is 35.5 Å². The lowest BCUT2D eigenvalue weighted by molar-refractivity contribution is -0.266. The lowest BCUT2D eigenvalue weighted by Crippen LogP contribution is -2.61. The summed E-state index contributed by atoms with van der Waals surface area (Å²) < 4.78 is 72.7. The predicted molar refractivity (Wildman–Crippen MR) is 261 cm³/mol. The Balaban J connectivity index is 1.71. The van der Waals surface area contributed by atoms with Gasteiger partial charge in [-0.05, 0) is 107 Å². The van der Waals surface area contributed by atoms with Crippen molar-refractivity contribution >= 4 is 29.2 Å². The first kappa shape index (κ1) is 60.9. The van der Waals surface area contributed by atoms with Crippen LogP contribution >= 0.6 is 0 Å². The molecule has 1 amide bonds. The number of hydrogen-bond acceptors (Lipinski definition) is 14. The van der Waals surface area contributed by atoms with Crippen LogP contribution in [0.15, 0.2) is 47.6 Å². The van der Waals surface area contributed by atoms with E-state index < -0.39 is 103 Å². The molecular formula is C54H82F3NO14. The minimum atomic E-state index is -4.53. The number of carbonyl (C=O) groups excluding carboxylic acids is 5. The fourth-order valence-corrected chi connectivity index (χ4v) is 10.5. The lowest BCUT2D eigenvalue weighted by atomic mass is 9.78. The summed E-state index contributed by atoms with van der Waals surface area (Å²) >= 11 is 0. The fourth-order valence-electron chi connectivity index (χ4n) is 10.5. The van der Waals surface area contributed by atoms with Crippen LogP contribution < -0.4 is 0 Å². The lowest BCUT2D eigenvalue weighted by Gasteiger charge is -2.43.